The van der Waals surface area contributed by atoms with Gasteiger partial charge in [0, 0.05) is 38.8 Å². The van der Waals surface area contributed by atoms with Crippen molar-refractivity contribution in [2.24, 2.45) is 0 Å². The van der Waals surface area contributed by atoms with E-state index in [4.69, 9.17) is 4.74 Å². The fourth-order valence-corrected chi connectivity index (χ4v) is 2.89. The maximum atomic E-state index is 5.25. The fourth-order valence-electron chi connectivity index (χ4n) is 2.89. The minimum absolute atomic E-state index is 0.552. The van der Waals surface area contributed by atoms with Crippen molar-refractivity contribution in [3.05, 3.63) is 35.4 Å². The highest BCUT2D eigenvalue weighted by Crippen LogP contribution is 2.17. The second kappa shape index (κ2) is 7.77. The molecule has 0 saturated heterocycles. The minimum Gasteiger partial charge on any atom is -0.383 e. The zero-order valence-corrected chi connectivity index (χ0v) is 13.1. The summed E-state index contributed by atoms with van der Waals surface area (Å²) in [6, 6.07) is 9.95. The van der Waals surface area contributed by atoms with Gasteiger partial charge in [-0.25, -0.2) is 0 Å². The van der Waals surface area contributed by atoms with Crippen LogP contribution in [-0.4, -0.2) is 43.8 Å². The molecule has 0 bridgehead atoms. The molecule has 1 N–H and O–H groups in total. The molecule has 1 aromatic rings. The number of nitrogens with zero attached hydrogens (tertiary/aromatic N) is 1. The lowest BCUT2D eigenvalue weighted by molar-refractivity contribution is 0.113. The van der Waals surface area contributed by atoms with Crippen molar-refractivity contribution in [2.75, 3.05) is 26.8 Å². The Hall–Kier alpha value is -0.900. The molecule has 0 saturated carbocycles. The summed E-state index contributed by atoms with van der Waals surface area (Å²) in [5.41, 5.74) is 2.96. The average molecular weight is 276 g/mol. The Morgan fingerprint density at radius 3 is 2.80 bits per heavy atom. The first-order valence-electron chi connectivity index (χ1n) is 7.77. The number of benzene rings is 1. The van der Waals surface area contributed by atoms with Crippen LogP contribution in [0.15, 0.2) is 24.3 Å². The number of ether oxygens (including phenoxy) is 1. The maximum absolute atomic E-state index is 5.25. The van der Waals surface area contributed by atoms with Gasteiger partial charge in [0.25, 0.3) is 0 Å². The highest BCUT2D eigenvalue weighted by Gasteiger charge is 2.21. The molecule has 1 heterocycles. The van der Waals surface area contributed by atoms with E-state index in [9.17, 15) is 0 Å². The van der Waals surface area contributed by atoms with E-state index in [-0.39, 0.29) is 0 Å². The van der Waals surface area contributed by atoms with Crippen molar-refractivity contribution >= 4 is 0 Å². The van der Waals surface area contributed by atoms with E-state index in [1.807, 2.05) is 0 Å². The van der Waals surface area contributed by atoms with E-state index in [0.717, 1.165) is 32.7 Å². The van der Waals surface area contributed by atoms with E-state index in [2.05, 4.69) is 48.3 Å². The van der Waals surface area contributed by atoms with Gasteiger partial charge in [-0.2, -0.15) is 0 Å². The Bertz CT molecular complexity index is 408. The normalized spacial score (nSPS) is 19.9. The van der Waals surface area contributed by atoms with Crippen LogP contribution in [0.4, 0.5) is 0 Å². The Balaban J connectivity index is 1.94. The van der Waals surface area contributed by atoms with Gasteiger partial charge < -0.3 is 10.1 Å². The number of nitrogens with one attached hydrogen (secondary N) is 1. The first kappa shape index (κ1) is 15.5. The fraction of sp³-hybridized carbons (Fsp3) is 0.647. The molecule has 2 unspecified atom stereocenters. The Morgan fingerprint density at radius 1 is 1.35 bits per heavy atom. The molecule has 1 aliphatic rings. The van der Waals surface area contributed by atoms with Crippen LogP contribution in [0.3, 0.4) is 0 Å². The van der Waals surface area contributed by atoms with E-state index in [0.29, 0.717) is 12.1 Å². The van der Waals surface area contributed by atoms with Gasteiger partial charge in [-0.15, -0.1) is 0 Å². The van der Waals surface area contributed by atoms with Crippen LogP contribution in [0.2, 0.25) is 0 Å². The third kappa shape index (κ3) is 4.05. The lowest BCUT2D eigenvalue weighted by Gasteiger charge is -2.34. The molecule has 1 aromatic carbocycles. The van der Waals surface area contributed by atoms with Crippen LogP contribution in [0.25, 0.3) is 0 Å². The van der Waals surface area contributed by atoms with Crippen molar-refractivity contribution < 1.29 is 4.74 Å². The van der Waals surface area contributed by atoms with Gasteiger partial charge in [0.05, 0.1) is 6.61 Å². The quantitative estimate of drug-likeness (QED) is 0.828. The first-order valence-corrected chi connectivity index (χ1v) is 7.77. The molecule has 0 amide bonds. The molecular weight excluding hydrogens is 248 g/mol. The molecule has 0 spiro atoms. The summed E-state index contributed by atoms with van der Waals surface area (Å²) >= 11 is 0. The maximum Gasteiger partial charge on any atom is 0.0589 e. The molecule has 2 atom stereocenters. The van der Waals surface area contributed by atoms with Crippen LogP contribution in [-0.2, 0) is 17.7 Å². The zero-order chi connectivity index (χ0) is 14.4. The summed E-state index contributed by atoms with van der Waals surface area (Å²) in [7, 11) is 1.78. The molecule has 1 aliphatic heterocycles. The topological polar surface area (TPSA) is 24.5 Å². The smallest absolute Gasteiger partial charge is 0.0589 e. The summed E-state index contributed by atoms with van der Waals surface area (Å²) < 4.78 is 5.25. The van der Waals surface area contributed by atoms with Crippen molar-refractivity contribution in [2.45, 2.75) is 45.3 Å². The van der Waals surface area contributed by atoms with Gasteiger partial charge >= 0.3 is 0 Å². The summed E-state index contributed by atoms with van der Waals surface area (Å²) in [5.74, 6) is 0. The van der Waals surface area contributed by atoms with E-state index in [1.54, 1.807) is 7.11 Å². The molecule has 0 aliphatic carbocycles. The second-order valence-electron chi connectivity index (χ2n) is 5.80. The largest absolute Gasteiger partial charge is 0.383 e. The van der Waals surface area contributed by atoms with Crippen molar-refractivity contribution in [3.63, 3.8) is 0 Å². The number of rotatable bonds is 7. The van der Waals surface area contributed by atoms with Crippen molar-refractivity contribution in [1.29, 1.82) is 0 Å². The summed E-state index contributed by atoms with van der Waals surface area (Å²) in [6.45, 7) is 8.51. The van der Waals surface area contributed by atoms with E-state index in [1.165, 1.54) is 17.5 Å². The number of methoxy groups -OCH3 is 1. The number of hydrogen-bond acceptors (Lipinski definition) is 3. The molecular formula is C17H28N2O. The van der Waals surface area contributed by atoms with Gasteiger partial charge in [-0.3, -0.25) is 4.90 Å². The van der Waals surface area contributed by atoms with Gasteiger partial charge in [0.15, 0.2) is 0 Å². The standard InChI is InChI=1S/C17H28N2O/c1-4-14(2)19(9-10-20-3)13-17-11-15-7-5-6-8-16(15)12-18-17/h5-8,14,17-18H,4,9-13H2,1-3H3. The Labute approximate surface area is 123 Å². The Kier molecular flexibility index (Phi) is 6.02. The Morgan fingerprint density at radius 2 is 2.10 bits per heavy atom. The molecule has 3 heteroatoms. The lowest BCUT2D eigenvalue weighted by Crippen LogP contribution is -2.48. The third-order valence-corrected chi connectivity index (χ3v) is 4.42. The van der Waals surface area contributed by atoms with Crippen LogP contribution in [0.1, 0.15) is 31.4 Å². The molecule has 0 radical (unpaired) electrons. The molecule has 0 aromatic heterocycles. The molecule has 3 nitrogen and oxygen atoms in total. The summed E-state index contributed by atoms with van der Waals surface area (Å²) in [6.07, 6.45) is 2.32. The van der Waals surface area contributed by atoms with Crippen LogP contribution in [0, 0.1) is 0 Å². The van der Waals surface area contributed by atoms with Crippen molar-refractivity contribution in [3.8, 4) is 0 Å². The molecule has 0 fully saturated rings. The SMILES string of the molecule is CCC(C)N(CCOC)CC1Cc2ccccc2CN1. The van der Waals surface area contributed by atoms with E-state index < -0.39 is 0 Å². The van der Waals surface area contributed by atoms with Crippen LogP contribution < -0.4 is 5.32 Å². The minimum atomic E-state index is 0.552. The predicted octanol–water partition coefficient (Wildman–Crippen LogP) is 2.45. The number of hydrogen-bond donors (Lipinski definition) is 1. The number of fused-ring (bicyclic) bond motifs is 1. The zero-order valence-electron chi connectivity index (χ0n) is 13.1. The molecule has 112 valence electrons. The molecule has 20 heavy (non-hydrogen) atoms. The highest BCUT2D eigenvalue weighted by molar-refractivity contribution is 5.29. The van der Waals surface area contributed by atoms with E-state index >= 15 is 0 Å². The lowest BCUT2D eigenvalue weighted by atomic mass is 9.95. The monoisotopic (exact) mass is 276 g/mol. The molecule has 2 rings (SSSR count). The highest BCUT2D eigenvalue weighted by atomic mass is 16.5. The van der Waals surface area contributed by atoms with Gasteiger partial charge in [0.1, 0.15) is 0 Å². The second-order valence-corrected chi connectivity index (χ2v) is 5.80. The average Bonchev–Trinajstić information content (AvgIpc) is 2.50. The van der Waals surface area contributed by atoms with Crippen LogP contribution >= 0.6 is 0 Å². The van der Waals surface area contributed by atoms with Gasteiger partial charge in [-0.1, -0.05) is 31.2 Å². The first-order chi connectivity index (χ1) is 9.74. The summed E-state index contributed by atoms with van der Waals surface area (Å²) in [4.78, 5) is 2.55. The van der Waals surface area contributed by atoms with Crippen LogP contribution in [0.5, 0.6) is 0 Å². The van der Waals surface area contributed by atoms with Gasteiger partial charge in [-0.05, 0) is 30.9 Å². The summed E-state index contributed by atoms with van der Waals surface area (Å²) in [5, 5.41) is 3.68. The van der Waals surface area contributed by atoms with Gasteiger partial charge in [0.2, 0.25) is 0 Å². The third-order valence-electron chi connectivity index (χ3n) is 4.42. The van der Waals surface area contributed by atoms with Crippen molar-refractivity contribution in [1.82, 2.24) is 10.2 Å². The predicted molar refractivity (Wildman–Crippen MR) is 84.0 cm³/mol.